The smallest absolute Gasteiger partial charge is 0.330 e. The number of rotatable bonds is 6. The molecule has 0 atom stereocenters. The van der Waals surface area contributed by atoms with Crippen molar-refractivity contribution in [3.63, 3.8) is 0 Å². The van der Waals surface area contributed by atoms with Gasteiger partial charge in [-0.05, 0) is 20.3 Å². The van der Waals surface area contributed by atoms with E-state index in [0.717, 1.165) is 0 Å². The van der Waals surface area contributed by atoms with Crippen molar-refractivity contribution < 1.29 is 39.9 Å². The van der Waals surface area contributed by atoms with Crippen LogP contribution in [0.3, 0.4) is 0 Å². The van der Waals surface area contributed by atoms with E-state index in [-0.39, 0.29) is 31.0 Å². The van der Waals surface area contributed by atoms with Crippen LogP contribution in [0.25, 0.3) is 0 Å². The molecule has 8 nitrogen and oxygen atoms in total. The van der Waals surface area contributed by atoms with Gasteiger partial charge in [-0.3, -0.25) is 0 Å². The van der Waals surface area contributed by atoms with E-state index in [1.165, 1.54) is 13.8 Å². The summed E-state index contributed by atoms with van der Waals surface area (Å²) in [6, 6.07) is 0. The first kappa shape index (κ1) is 30.2. The molecule has 24 heavy (non-hydrogen) atoms. The van der Waals surface area contributed by atoms with E-state index in [1.807, 2.05) is 6.92 Å². The molecule has 0 fully saturated rings. The molecular weight excluding hydrogens is 320 g/mol. The zero-order chi connectivity index (χ0) is 20.3. The number of carbonyl (C=O) groups is 2. The van der Waals surface area contributed by atoms with Crippen LogP contribution < -0.4 is 0 Å². The second-order valence-corrected chi connectivity index (χ2v) is 4.91. The fraction of sp³-hybridized carbons (Fsp3) is 0.625. The molecule has 0 spiro atoms. The van der Waals surface area contributed by atoms with E-state index >= 15 is 0 Å². The fourth-order valence-corrected chi connectivity index (χ4v) is 0.485. The molecule has 0 rings (SSSR count). The lowest BCUT2D eigenvalue weighted by molar-refractivity contribution is -0.133. The molecule has 0 unspecified atom stereocenters. The summed E-state index contributed by atoms with van der Waals surface area (Å²) in [5.74, 6) is -1.87. The van der Waals surface area contributed by atoms with Crippen LogP contribution in [-0.2, 0) is 14.3 Å². The molecular formula is C16H32O8. The van der Waals surface area contributed by atoms with Gasteiger partial charge in [-0.1, -0.05) is 20.1 Å². The van der Waals surface area contributed by atoms with Crippen LogP contribution in [0.1, 0.15) is 27.2 Å². The van der Waals surface area contributed by atoms with Gasteiger partial charge in [0, 0.05) is 30.8 Å². The van der Waals surface area contributed by atoms with Crippen molar-refractivity contribution in [2.45, 2.75) is 27.2 Å². The van der Waals surface area contributed by atoms with E-state index in [4.69, 9.17) is 25.5 Å². The van der Waals surface area contributed by atoms with E-state index in [2.05, 4.69) is 17.9 Å². The van der Waals surface area contributed by atoms with Gasteiger partial charge in [-0.15, -0.1) is 0 Å². The number of carboxylic acids is 2. The molecule has 0 aromatic heterocycles. The molecule has 0 saturated carbocycles. The van der Waals surface area contributed by atoms with Gasteiger partial charge < -0.3 is 30.3 Å². The molecule has 0 aromatic carbocycles. The third kappa shape index (κ3) is 22.5. The van der Waals surface area contributed by atoms with E-state index in [1.54, 1.807) is 14.2 Å². The van der Waals surface area contributed by atoms with Crippen LogP contribution in [0.15, 0.2) is 24.3 Å². The summed E-state index contributed by atoms with van der Waals surface area (Å²) in [6.45, 7) is 10.6. The highest BCUT2D eigenvalue weighted by Crippen LogP contribution is 2.18. The predicted octanol–water partition coefficient (Wildman–Crippen LogP) is 0.917. The maximum absolute atomic E-state index is 9.60. The van der Waals surface area contributed by atoms with Gasteiger partial charge >= 0.3 is 11.9 Å². The minimum atomic E-state index is -0.935. The Morgan fingerprint density at radius 2 is 1.04 bits per heavy atom. The predicted molar refractivity (Wildman–Crippen MR) is 91.8 cm³/mol. The maximum Gasteiger partial charge on any atom is 0.330 e. The Kier molecular flexibility index (Phi) is 24.3. The van der Waals surface area contributed by atoms with Crippen molar-refractivity contribution in [2.24, 2.45) is 5.41 Å². The lowest BCUT2D eigenvalue weighted by Gasteiger charge is -2.24. The number of aliphatic carboxylic acids is 2. The first-order valence-corrected chi connectivity index (χ1v) is 6.95. The lowest BCUT2D eigenvalue weighted by Crippen LogP contribution is -2.32. The topological polar surface area (TPSA) is 145 Å². The van der Waals surface area contributed by atoms with E-state index < -0.39 is 17.4 Å². The largest absolute Gasteiger partial charge is 0.478 e. The second-order valence-electron chi connectivity index (χ2n) is 4.91. The molecule has 0 heterocycles. The van der Waals surface area contributed by atoms with Crippen LogP contribution in [0, 0.1) is 5.41 Å². The minimum absolute atomic E-state index is 0.156. The van der Waals surface area contributed by atoms with Crippen molar-refractivity contribution in [3.8, 4) is 0 Å². The fourth-order valence-electron chi connectivity index (χ4n) is 0.485. The zero-order valence-electron chi connectivity index (χ0n) is 15.2. The normalized spacial score (nSPS) is 9.00. The summed E-state index contributed by atoms with van der Waals surface area (Å²) in [4.78, 5) is 19.2. The SMILES string of the molecule is C=C(C)C(=O)O.C=C(C)C(=O)O.CCC(CO)(CO)CO.COC. The van der Waals surface area contributed by atoms with Gasteiger partial charge in [-0.25, -0.2) is 9.59 Å². The quantitative estimate of drug-likeness (QED) is 0.444. The van der Waals surface area contributed by atoms with Crippen molar-refractivity contribution in [2.75, 3.05) is 34.0 Å². The molecule has 0 aliphatic heterocycles. The molecule has 0 saturated heterocycles. The molecule has 0 amide bonds. The number of ether oxygens (including phenoxy) is 1. The highest BCUT2D eigenvalue weighted by molar-refractivity contribution is 5.85. The van der Waals surface area contributed by atoms with Crippen molar-refractivity contribution in [3.05, 3.63) is 24.3 Å². The summed E-state index contributed by atoms with van der Waals surface area (Å²) >= 11 is 0. The number of aliphatic hydroxyl groups is 3. The summed E-state index contributed by atoms with van der Waals surface area (Å²) < 4.78 is 4.25. The molecule has 0 aromatic rings. The number of aliphatic hydroxyl groups excluding tert-OH is 3. The number of methoxy groups -OCH3 is 1. The lowest BCUT2D eigenvalue weighted by atomic mass is 9.88. The van der Waals surface area contributed by atoms with Gasteiger partial charge in [0.2, 0.25) is 0 Å². The average Bonchev–Trinajstić information content (AvgIpc) is 2.52. The summed E-state index contributed by atoms with van der Waals surface area (Å²) in [5, 5.41) is 41.8. The molecule has 0 aliphatic carbocycles. The minimum Gasteiger partial charge on any atom is -0.478 e. The van der Waals surface area contributed by atoms with Crippen LogP contribution >= 0.6 is 0 Å². The van der Waals surface area contributed by atoms with Gasteiger partial charge in [0.15, 0.2) is 0 Å². The summed E-state index contributed by atoms with van der Waals surface area (Å²) in [6.07, 6.45) is 0.594. The third-order valence-electron chi connectivity index (χ3n) is 2.49. The van der Waals surface area contributed by atoms with Gasteiger partial charge in [0.25, 0.3) is 0 Å². The van der Waals surface area contributed by atoms with E-state index in [0.29, 0.717) is 6.42 Å². The zero-order valence-corrected chi connectivity index (χ0v) is 15.2. The Bertz CT molecular complexity index is 294. The maximum atomic E-state index is 9.60. The highest BCUT2D eigenvalue weighted by Gasteiger charge is 2.24. The standard InChI is InChI=1S/C6H14O3.2C4H6O2.C2H6O/c1-2-6(3-7,4-8)5-9;2*1-3(2)4(5)6;1-3-2/h7-9H,2-5H2,1H3;2*1H2,2H3,(H,5,6);1-2H3. The van der Waals surface area contributed by atoms with Crippen LogP contribution in [0.2, 0.25) is 0 Å². The molecule has 0 bridgehead atoms. The summed E-state index contributed by atoms with van der Waals surface area (Å²) in [7, 11) is 3.25. The molecule has 8 heteroatoms. The first-order chi connectivity index (χ1) is 10.9. The Morgan fingerprint density at radius 3 is 1.04 bits per heavy atom. The Labute approximate surface area is 143 Å². The second kappa shape index (κ2) is 19.3. The first-order valence-electron chi connectivity index (χ1n) is 6.95. The van der Waals surface area contributed by atoms with Crippen molar-refractivity contribution in [1.29, 1.82) is 0 Å². The van der Waals surface area contributed by atoms with Crippen LogP contribution in [0.5, 0.6) is 0 Å². The van der Waals surface area contributed by atoms with Crippen molar-refractivity contribution >= 4 is 11.9 Å². The van der Waals surface area contributed by atoms with Crippen LogP contribution in [-0.4, -0.2) is 71.5 Å². The molecule has 5 N–H and O–H groups in total. The number of hydrogen-bond donors (Lipinski definition) is 5. The van der Waals surface area contributed by atoms with Crippen molar-refractivity contribution in [1.82, 2.24) is 0 Å². The van der Waals surface area contributed by atoms with E-state index in [9.17, 15) is 9.59 Å². The molecule has 0 aliphatic rings. The monoisotopic (exact) mass is 352 g/mol. The van der Waals surface area contributed by atoms with Gasteiger partial charge in [0.1, 0.15) is 0 Å². The highest BCUT2D eigenvalue weighted by atomic mass is 16.4. The van der Waals surface area contributed by atoms with Gasteiger partial charge in [0.05, 0.1) is 19.8 Å². The third-order valence-corrected chi connectivity index (χ3v) is 2.49. The van der Waals surface area contributed by atoms with Crippen LogP contribution in [0.4, 0.5) is 0 Å². The molecule has 0 radical (unpaired) electrons. The Morgan fingerprint density at radius 1 is 0.875 bits per heavy atom. The number of carboxylic acid groups (broad SMARTS) is 2. The number of hydrogen-bond acceptors (Lipinski definition) is 6. The Hall–Kier alpha value is -1.74. The average molecular weight is 352 g/mol. The summed E-state index contributed by atoms with van der Waals surface area (Å²) in [5.41, 5.74) is -0.315. The molecule has 144 valence electrons. The van der Waals surface area contributed by atoms with Gasteiger partial charge in [-0.2, -0.15) is 0 Å². The Balaban J connectivity index is -0.000000118.